The van der Waals surface area contributed by atoms with Crippen LogP contribution in [-0.4, -0.2) is 20.6 Å². The maximum Gasteiger partial charge on any atom is 0.673 e. The van der Waals surface area contributed by atoms with E-state index in [2.05, 4.69) is 30.5 Å². The average molecular weight is 348 g/mol. The fourth-order valence-corrected chi connectivity index (χ4v) is 2.35. The molecule has 1 heterocycles. The fourth-order valence-electron chi connectivity index (χ4n) is 1.82. The van der Waals surface area contributed by atoms with Gasteiger partial charge < -0.3 is 22.0 Å². The van der Waals surface area contributed by atoms with E-state index in [9.17, 15) is 17.3 Å². The second-order valence-electron chi connectivity index (χ2n) is 4.59. The molecule has 0 unspecified atom stereocenters. The molecule has 0 saturated carbocycles. The van der Waals surface area contributed by atoms with Gasteiger partial charge in [-0.1, -0.05) is 12.1 Å². The molecule has 0 N–H and O–H groups in total. The van der Waals surface area contributed by atoms with Gasteiger partial charge in [-0.2, -0.15) is 0 Å². The zero-order valence-corrected chi connectivity index (χ0v) is 13.8. The van der Waals surface area contributed by atoms with Crippen LogP contribution < -0.4 is 4.74 Å². The summed E-state index contributed by atoms with van der Waals surface area (Å²) in [6.45, 7) is 1.98. The third-order valence-electron chi connectivity index (χ3n) is 2.71. The first-order chi connectivity index (χ1) is 10.7. The molecule has 8 heteroatoms. The van der Waals surface area contributed by atoms with Crippen LogP contribution >= 0.6 is 11.8 Å². The molecule has 0 saturated heterocycles. The van der Waals surface area contributed by atoms with Crippen LogP contribution in [0.25, 0.3) is 0 Å². The van der Waals surface area contributed by atoms with Gasteiger partial charge in [-0.15, -0.1) is 11.8 Å². The van der Waals surface area contributed by atoms with Gasteiger partial charge in [0.05, 0.1) is 32.6 Å². The SMILES string of the molecule is COc1ccc(Cc2cc(SC)cc(C)[o+]2)cc1.F[B-](F)(F)F. The van der Waals surface area contributed by atoms with E-state index in [1.54, 1.807) is 18.9 Å². The highest BCUT2D eigenvalue weighted by atomic mass is 32.2. The zero-order chi connectivity index (χ0) is 17.5. The van der Waals surface area contributed by atoms with Gasteiger partial charge in [-0.25, -0.2) is 4.42 Å². The second-order valence-corrected chi connectivity index (χ2v) is 5.47. The number of halogens is 4. The number of thioether (sulfide) groups is 1. The largest absolute Gasteiger partial charge is 0.673 e. The van der Waals surface area contributed by atoms with Crippen molar-refractivity contribution in [3.05, 3.63) is 53.5 Å². The van der Waals surface area contributed by atoms with E-state index in [1.165, 1.54) is 10.5 Å². The molecule has 0 radical (unpaired) electrons. The Kier molecular flexibility index (Phi) is 7.41. The summed E-state index contributed by atoms with van der Waals surface area (Å²) in [5.74, 6) is 2.82. The molecule has 1 aromatic carbocycles. The molecular formula is C15H17BF4O2S. The van der Waals surface area contributed by atoms with Crippen LogP contribution in [0.15, 0.2) is 45.7 Å². The number of hydrogen-bond acceptors (Lipinski definition) is 2. The maximum atomic E-state index is 9.75. The third-order valence-corrected chi connectivity index (χ3v) is 3.42. The highest BCUT2D eigenvalue weighted by molar-refractivity contribution is 7.98. The fraction of sp³-hybridized carbons (Fsp3) is 0.267. The van der Waals surface area contributed by atoms with Crippen LogP contribution in [0, 0.1) is 6.92 Å². The zero-order valence-electron chi connectivity index (χ0n) is 13.0. The molecule has 2 rings (SSSR count). The first-order valence-electron chi connectivity index (χ1n) is 6.69. The van der Waals surface area contributed by atoms with E-state index in [0.717, 1.165) is 23.7 Å². The summed E-state index contributed by atoms with van der Waals surface area (Å²) >= 11 is 1.73. The van der Waals surface area contributed by atoms with Crippen molar-refractivity contribution in [2.75, 3.05) is 13.4 Å². The number of aryl methyl sites for hydroxylation is 1. The van der Waals surface area contributed by atoms with E-state index in [-0.39, 0.29) is 0 Å². The number of rotatable bonds is 4. The molecule has 2 nitrogen and oxygen atoms in total. The summed E-state index contributed by atoms with van der Waals surface area (Å²) in [5.41, 5.74) is 1.22. The van der Waals surface area contributed by atoms with Gasteiger partial charge in [-0.3, -0.25) is 0 Å². The molecule has 1 aromatic heterocycles. The van der Waals surface area contributed by atoms with Gasteiger partial charge in [-0.05, 0) is 24.0 Å². The van der Waals surface area contributed by atoms with E-state index in [4.69, 9.17) is 9.15 Å². The smallest absolute Gasteiger partial charge is 0.497 e. The minimum atomic E-state index is -6.00. The van der Waals surface area contributed by atoms with E-state index in [1.807, 2.05) is 19.1 Å². The molecule has 0 atom stereocenters. The lowest BCUT2D eigenvalue weighted by molar-refractivity contribution is 0.368. The van der Waals surface area contributed by atoms with Crippen LogP contribution in [0.2, 0.25) is 0 Å². The van der Waals surface area contributed by atoms with Crippen LogP contribution in [0.4, 0.5) is 17.3 Å². The van der Waals surface area contributed by atoms with Crippen molar-refractivity contribution in [2.24, 2.45) is 0 Å². The van der Waals surface area contributed by atoms with Crippen LogP contribution in [-0.2, 0) is 6.42 Å². The van der Waals surface area contributed by atoms with Gasteiger partial charge in [0.15, 0.2) is 0 Å². The molecule has 0 aliphatic heterocycles. The van der Waals surface area contributed by atoms with Crippen molar-refractivity contribution in [3.8, 4) is 5.75 Å². The van der Waals surface area contributed by atoms with Crippen LogP contribution in [0.1, 0.15) is 17.1 Å². The predicted molar refractivity (Wildman–Crippen MR) is 85.6 cm³/mol. The maximum absolute atomic E-state index is 9.75. The molecule has 0 aliphatic rings. The van der Waals surface area contributed by atoms with Crippen molar-refractivity contribution in [1.82, 2.24) is 0 Å². The predicted octanol–water partition coefficient (Wildman–Crippen LogP) is 5.49. The highest BCUT2D eigenvalue weighted by Gasteiger charge is 2.20. The van der Waals surface area contributed by atoms with Crippen molar-refractivity contribution < 1.29 is 26.4 Å². The Morgan fingerprint density at radius 1 is 1.09 bits per heavy atom. The first kappa shape index (κ1) is 19.4. The summed E-state index contributed by atoms with van der Waals surface area (Å²) in [7, 11) is -4.32. The van der Waals surface area contributed by atoms with Gasteiger partial charge in [0.1, 0.15) is 5.75 Å². The summed E-state index contributed by atoms with van der Waals surface area (Å²) in [4.78, 5) is 1.24. The molecule has 0 aliphatic carbocycles. The Hall–Kier alpha value is -1.70. The van der Waals surface area contributed by atoms with E-state index >= 15 is 0 Å². The van der Waals surface area contributed by atoms with Gasteiger partial charge in [0.25, 0.3) is 0 Å². The first-order valence-corrected chi connectivity index (χ1v) is 7.91. The Balaban J connectivity index is 0.000000463. The minimum Gasteiger partial charge on any atom is -0.497 e. The van der Waals surface area contributed by atoms with Crippen molar-refractivity contribution >= 4 is 19.0 Å². The molecular weight excluding hydrogens is 331 g/mol. The molecule has 0 fully saturated rings. The van der Waals surface area contributed by atoms with E-state index < -0.39 is 7.25 Å². The normalized spacial score (nSPS) is 10.7. The second kappa shape index (κ2) is 8.81. The van der Waals surface area contributed by atoms with Crippen molar-refractivity contribution in [3.63, 3.8) is 0 Å². The Morgan fingerprint density at radius 3 is 2.13 bits per heavy atom. The molecule has 126 valence electrons. The number of hydrogen-bond donors (Lipinski definition) is 0. The summed E-state index contributed by atoms with van der Waals surface area (Å²) < 4.78 is 49.9. The number of methoxy groups -OCH3 is 1. The number of ether oxygens (including phenoxy) is 1. The van der Waals surface area contributed by atoms with Gasteiger partial charge in [0, 0.05) is 4.90 Å². The van der Waals surface area contributed by atoms with Gasteiger partial charge in [0.2, 0.25) is 0 Å². The third kappa shape index (κ3) is 8.49. The number of benzene rings is 1. The molecule has 2 aromatic rings. The lowest BCUT2D eigenvalue weighted by Gasteiger charge is -2.00. The van der Waals surface area contributed by atoms with Gasteiger partial charge >= 0.3 is 18.8 Å². The van der Waals surface area contributed by atoms with Crippen molar-refractivity contribution in [2.45, 2.75) is 18.2 Å². The lowest BCUT2D eigenvalue weighted by Crippen LogP contribution is -2.02. The van der Waals surface area contributed by atoms with Crippen LogP contribution in [0.5, 0.6) is 5.75 Å². The lowest BCUT2D eigenvalue weighted by atomic mass is 10.1. The van der Waals surface area contributed by atoms with Crippen LogP contribution in [0.3, 0.4) is 0 Å². The molecule has 0 spiro atoms. The average Bonchev–Trinajstić information content (AvgIpc) is 2.45. The minimum absolute atomic E-state index is 0.805. The Labute approximate surface area is 137 Å². The van der Waals surface area contributed by atoms with Crippen molar-refractivity contribution in [1.29, 1.82) is 0 Å². The Bertz CT molecular complexity index is 612. The monoisotopic (exact) mass is 348 g/mol. The summed E-state index contributed by atoms with van der Waals surface area (Å²) in [6.07, 6.45) is 2.88. The summed E-state index contributed by atoms with van der Waals surface area (Å²) in [5, 5.41) is 0. The Morgan fingerprint density at radius 2 is 1.65 bits per heavy atom. The van der Waals surface area contributed by atoms with E-state index in [0.29, 0.717) is 0 Å². The quantitative estimate of drug-likeness (QED) is 0.315. The topological polar surface area (TPSA) is 20.5 Å². The highest BCUT2D eigenvalue weighted by Crippen LogP contribution is 2.21. The molecule has 0 amide bonds. The summed E-state index contributed by atoms with van der Waals surface area (Å²) in [6, 6.07) is 12.2. The molecule has 0 bridgehead atoms. The molecule has 23 heavy (non-hydrogen) atoms. The standard InChI is InChI=1S/C15H17O2S.BF4/c1-11-8-15(18-3)10-14(17-11)9-12-4-6-13(16-2)7-5-12;2-1(3,4)5/h4-8,10H,9H2,1-3H3;/q+1;-1.